The van der Waals surface area contributed by atoms with Crippen LogP contribution in [0.5, 0.6) is 0 Å². The van der Waals surface area contributed by atoms with Gasteiger partial charge in [0, 0.05) is 0 Å². The van der Waals surface area contributed by atoms with Gasteiger partial charge in [-0.2, -0.15) is 0 Å². The molecule has 3 saturated heterocycles. The van der Waals surface area contributed by atoms with E-state index in [0.717, 1.165) is 10.6 Å². The average Bonchev–Trinajstić information content (AvgIpc) is 3.03. The van der Waals surface area contributed by atoms with Crippen LogP contribution in [0.25, 0.3) is 0 Å². The van der Waals surface area contributed by atoms with Crippen LogP contribution in [0.2, 0.25) is 5.32 Å². The Balaban J connectivity index is 1.44. The molecular weight excluding hydrogens is 387 g/mol. The molecule has 3 heterocycles. The second-order valence-corrected chi connectivity index (χ2v) is 9.87. The van der Waals surface area contributed by atoms with Gasteiger partial charge in [0.15, 0.2) is 0 Å². The molecule has 5 nitrogen and oxygen atoms in total. The van der Waals surface area contributed by atoms with Crippen LogP contribution in [-0.2, 0) is 29.0 Å². The first-order valence-corrected chi connectivity index (χ1v) is 11.2. The van der Waals surface area contributed by atoms with Crippen LogP contribution in [0, 0.1) is 0 Å². The molecule has 0 unspecified atom stereocenters. The molecule has 0 aromatic heterocycles. The van der Waals surface area contributed by atoms with Crippen LogP contribution in [0.1, 0.15) is 33.3 Å². The average molecular weight is 413 g/mol. The Bertz CT molecular complexity index is 605. The van der Waals surface area contributed by atoms with Crippen molar-refractivity contribution in [1.82, 2.24) is 0 Å². The van der Waals surface area contributed by atoms with Crippen LogP contribution in [0.3, 0.4) is 0 Å². The van der Waals surface area contributed by atoms with Crippen molar-refractivity contribution in [2.24, 2.45) is 0 Å². The van der Waals surface area contributed by atoms with Gasteiger partial charge in [0.2, 0.25) is 0 Å². The van der Waals surface area contributed by atoms with Gasteiger partial charge in [-0.15, -0.1) is 0 Å². The van der Waals surface area contributed by atoms with Gasteiger partial charge < -0.3 is 0 Å². The Labute approximate surface area is 155 Å². The summed E-state index contributed by atoms with van der Waals surface area (Å²) in [4.78, 5) is 0. The van der Waals surface area contributed by atoms with Crippen LogP contribution < -0.4 is 0 Å². The molecule has 3 fully saturated rings. The van der Waals surface area contributed by atoms with E-state index in [1.165, 1.54) is 5.56 Å². The molecule has 5 atom stereocenters. The molecule has 3 aliphatic heterocycles. The zero-order chi connectivity index (χ0) is 17.7. The Morgan fingerprint density at radius 2 is 1.48 bits per heavy atom. The van der Waals surface area contributed by atoms with Crippen molar-refractivity contribution >= 4 is 15.0 Å². The van der Waals surface area contributed by atoms with Gasteiger partial charge in [-0.25, -0.2) is 0 Å². The van der Waals surface area contributed by atoms with E-state index in [4.69, 9.17) is 23.7 Å². The van der Waals surface area contributed by atoms with E-state index in [9.17, 15) is 0 Å². The summed E-state index contributed by atoms with van der Waals surface area (Å²) in [6.07, 6.45) is -0.889. The van der Waals surface area contributed by atoms with Gasteiger partial charge in [0.25, 0.3) is 0 Å². The van der Waals surface area contributed by atoms with Gasteiger partial charge in [-0.1, -0.05) is 0 Å². The Hall–Kier alpha value is -0.461. The van der Waals surface area contributed by atoms with Gasteiger partial charge in [0.1, 0.15) is 0 Å². The zero-order valence-corrected chi connectivity index (χ0v) is 16.9. The molecule has 6 heteroatoms. The topological polar surface area (TPSA) is 46.2 Å². The molecule has 1 aromatic rings. The summed E-state index contributed by atoms with van der Waals surface area (Å²) in [6.45, 7) is 7.73. The van der Waals surface area contributed by atoms with Crippen molar-refractivity contribution in [3.63, 3.8) is 0 Å². The summed E-state index contributed by atoms with van der Waals surface area (Å²) < 4.78 is 30.6. The quantitative estimate of drug-likeness (QED) is 0.711. The Kier molecular flexibility index (Phi) is 4.74. The first-order chi connectivity index (χ1) is 11.8. The number of fused-ring (bicyclic) bond motifs is 3. The van der Waals surface area contributed by atoms with E-state index in [-0.39, 0.29) is 30.7 Å². The van der Waals surface area contributed by atoms with E-state index in [1.54, 1.807) is 0 Å². The van der Waals surface area contributed by atoms with Gasteiger partial charge >= 0.3 is 155 Å². The van der Waals surface area contributed by atoms with Crippen LogP contribution >= 0.6 is 0 Å². The predicted octanol–water partition coefficient (Wildman–Crippen LogP) is 2.71. The van der Waals surface area contributed by atoms with Crippen molar-refractivity contribution < 1.29 is 23.7 Å². The minimum absolute atomic E-state index is 0.0192. The molecule has 138 valence electrons. The second-order valence-electron chi connectivity index (χ2n) is 7.71. The molecule has 0 N–H and O–H groups in total. The maximum absolute atomic E-state index is 6.25. The monoisotopic (exact) mass is 414 g/mol. The van der Waals surface area contributed by atoms with Crippen molar-refractivity contribution in [2.45, 2.75) is 80.6 Å². The molecular formula is C19H26O5Se. The van der Waals surface area contributed by atoms with E-state index >= 15 is 0 Å². The van der Waals surface area contributed by atoms with Crippen molar-refractivity contribution in [3.8, 4) is 0 Å². The third-order valence-corrected chi connectivity index (χ3v) is 6.96. The number of benzene rings is 1. The third-order valence-electron chi connectivity index (χ3n) is 4.64. The summed E-state index contributed by atoms with van der Waals surface area (Å²) in [5.41, 5.74) is 1.37. The molecule has 25 heavy (non-hydrogen) atoms. The Morgan fingerprint density at radius 3 is 2.24 bits per heavy atom. The summed E-state index contributed by atoms with van der Waals surface area (Å²) in [6, 6.07) is 10.6. The molecule has 3 aliphatic rings. The molecule has 0 spiro atoms. The van der Waals surface area contributed by atoms with E-state index < -0.39 is 11.6 Å². The first kappa shape index (κ1) is 17.9. The van der Waals surface area contributed by atoms with E-state index in [2.05, 4.69) is 30.3 Å². The predicted molar refractivity (Wildman–Crippen MR) is 93.2 cm³/mol. The third kappa shape index (κ3) is 3.81. The fraction of sp³-hybridized carbons (Fsp3) is 0.684. The zero-order valence-electron chi connectivity index (χ0n) is 15.1. The fourth-order valence-corrected chi connectivity index (χ4v) is 5.89. The molecule has 0 amide bonds. The molecule has 4 rings (SSSR count). The second kappa shape index (κ2) is 6.61. The number of hydrogen-bond donors (Lipinski definition) is 0. The maximum atomic E-state index is 6.25. The van der Waals surface area contributed by atoms with Crippen LogP contribution in [0.15, 0.2) is 30.3 Å². The summed E-state index contributed by atoms with van der Waals surface area (Å²) in [5.74, 6) is -1.27. The van der Waals surface area contributed by atoms with Gasteiger partial charge in [-0.05, 0) is 0 Å². The molecule has 0 saturated carbocycles. The summed E-state index contributed by atoms with van der Waals surface area (Å²) in [5, 5.41) is 2.06. The Morgan fingerprint density at radius 1 is 0.840 bits per heavy atom. The van der Waals surface area contributed by atoms with Crippen molar-refractivity contribution in [3.05, 3.63) is 35.9 Å². The fourth-order valence-electron chi connectivity index (χ4n) is 3.69. The minimum atomic E-state index is -0.653. The van der Waals surface area contributed by atoms with Gasteiger partial charge in [-0.3, -0.25) is 0 Å². The van der Waals surface area contributed by atoms with Crippen LogP contribution in [0.4, 0.5) is 0 Å². The standard InChI is InChI=1S/C19H26O5Se/c1-18(2)21-14-13(11-25-10-12-8-6-5-7-9-12)20-17-16(15(14)22-18)23-19(3,4)24-17/h5-9,13-17H,10-11H2,1-4H3/t13-,14+,15+,16-,17-/m1/s1. The van der Waals surface area contributed by atoms with E-state index in [0.29, 0.717) is 15.0 Å². The van der Waals surface area contributed by atoms with Crippen LogP contribution in [-0.4, -0.2) is 57.2 Å². The molecule has 1 aromatic carbocycles. The normalized spacial score (nSPS) is 38.3. The molecule has 0 bridgehead atoms. The SMILES string of the molecule is CC1(C)O[C@H]2[C@@H](O1)[C@@H](C[Se]Cc1ccccc1)O[C@@H]1OC(C)(C)O[C@@H]12. The number of rotatable bonds is 4. The van der Waals surface area contributed by atoms with Crippen molar-refractivity contribution in [1.29, 1.82) is 0 Å². The van der Waals surface area contributed by atoms with Gasteiger partial charge in [0.05, 0.1) is 0 Å². The van der Waals surface area contributed by atoms with E-state index in [1.807, 2.05) is 27.7 Å². The number of ether oxygens (including phenoxy) is 5. The molecule has 0 radical (unpaired) electrons. The summed E-state index contributed by atoms with van der Waals surface area (Å²) >= 11 is 0.425. The summed E-state index contributed by atoms with van der Waals surface area (Å²) in [7, 11) is 0. The molecule has 0 aliphatic carbocycles. The first-order valence-electron chi connectivity index (χ1n) is 8.81. The number of hydrogen-bond acceptors (Lipinski definition) is 5. The van der Waals surface area contributed by atoms with Crippen molar-refractivity contribution in [2.75, 3.05) is 0 Å².